The Morgan fingerprint density at radius 3 is 2.27 bits per heavy atom. The Labute approximate surface area is 217 Å². The first-order valence-electron chi connectivity index (χ1n) is 12.2. The van der Waals surface area contributed by atoms with Crippen molar-refractivity contribution in [1.29, 1.82) is 0 Å². The molecule has 1 heterocycles. The molecule has 0 radical (unpaired) electrons. The number of piperidine rings is 1. The van der Waals surface area contributed by atoms with Gasteiger partial charge in [0.1, 0.15) is 5.75 Å². The highest BCUT2D eigenvalue weighted by molar-refractivity contribution is 7.92. The zero-order valence-corrected chi connectivity index (χ0v) is 21.4. The number of amides is 1. The predicted molar refractivity (Wildman–Crippen MR) is 144 cm³/mol. The van der Waals surface area contributed by atoms with Gasteiger partial charge in [0.25, 0.3) is 10.0 Å². The first-order valence-corrected chi connectivity index (χ1v) is 13.6. The number of hydrogen-bond acceptors (Lipinski definition) is 7. The van der Waals surface area contributed by atoms with Crippen LogP contribution in [0.1, 0.15) is 31.4 Å². The number of nitrogens with zero attached hydrogens (tertiary/aromatic N) is 1. The van der Waals surface area contributed by atoms with E-state index in [-0.39, 0.29) is 22.6 Å². The molecular weight excluding hydrogens is 492 g/mol. The largest absolute Gasteiger partial charge is 0.508 e. The van der Waals surface area contributed by atoms with E-state index in [0.29, 0.717) is 23.5 Å². The van der Waals surface area contributed by atoms with Crippen LogP contribution < -0.4 is 20.3 Å². The van der Waals surface area contributed by atoms with Gasteiger partial charge in [-0.15, -0.1) is 0 Å². The van der Waals surface area contributed by atoms with Gasteiger partial charge >= 0.3 is 0 Å². The van der Waals surface area contributed by atoms with Gasteiger partial charge in [0.2, 0.25) is 5.91 Å². The summed E-state index contributed by atoms with van der Waals surface area (Å²) in [6, 6.07) is 20.2. The summed E-state index contributed by atoms with van der Waals surface area (Å²) in [6.07, 6.45) is 1.14. The molecule has 1 atom stereocenters. The molecule has 1 amide bonds. The van der Waals surface area contributed by atoms with Crippen molar-refractivity contribution in [2.45, 2.75) is 36.8 Å². The second-order valence-corrected chi connectivity index (χ2v) is 10.8. The van der Waals surface area contributed by atoms with Gasteiger partial charge < -0.3 is 25.7 Å². The number of sulfonamides is 1. The van der Waals surface area contributed by atoms with Crippen molar-refractivity contribution in [3.05, 3.63) is 78.4 Å². The molecule has 1 unspecified atom stereocenters. The number of carbonyl (C=O) groups excluding carboxylic acids is 1. The Kier molecular flexibility index (Phi) is 8.32. The van der Waals surface area contributed by atoms with E-state index in [0.717, 1.165) is 31.6 Å². The molecule has 9 nitrogen and oxygen atoms in total. The summed E-state index contributed by atoms with van der Waals surface area (Å²) in [5.41, 5.74) is 2.69. The topological polar surface area (TPSA) is 131 Å². The smallest absolute Gasteiger partial charge is 0.261 e. The van der Waals surface area contributed by atoms with Gasteiger partial charge in [0, 0.05) is 49.7 Å². The fourth-order valence-electron chi connectivity index (χ4n) is 4.35. The first-order chi connectivity index (χ1) is 17.7. The van der Waals surface area contributed by atoms with Gasteiger partial charge in [-0.2, -0.15) is 0 Å². The van der Waals surface area contributed by atoms with E-state index in [2.05, 4.69) is 20.3 Å². The summed E-state index contributed by atoms with van der Waals surface area (Å²) in [7, 11) is -3.76. The number of carbonyl (C=O) groups is 1. The van der Waals surface area contributed by atoms with Crippen LogP contribution in [0.5, 0.6) is 5.75 Å². The van der Waals surface area contributed by atoms with Crippen molar-refractivity contribution in [3.63, 3.8) is 0 Å². The van der Waals surface area contributed by atoms with Gasteiger partial charge in [0.05, 0.1) is 11.0 Å². The monoisotopic (exact) mass is 524 g/mol. The summed E-state index contributed by atoms with van der Waals surface area (Å²) in [5, 5.41) is 26.0. The van der Waals surface area contributed by atoms with E-state index in [1.807, 2.05) is 12.1 Å². The predicted octanol–water partition coefficient (Wildman–Crippen LogP) is 3.44. The maximum Gasteiger partial charge on any atom is 0.261 e. The van der Waals surface area contributed by atoms with Crippen LogP contribution in [0.2, 0.25) is 0 Å². The number of benzene rings is 3. The van der Waals surface area contributed by atoms with Gasteiger partial charge in [-0.1, -0.05) is 12.1 Å². The van der Waals surface area contributed by atoms with Gasteiger partial charge in [-0.25, -0.2) is 8.42 Å². The second-order valence-electron chi connectivity index (χ2n) is 9.14. The minimum absolute atomic E-state index is 0.106. The van der Waals surface area contributed by atoms with E-state index >= 15 is 0 Å². The minimum Gasteiger partial charge on any atom is -0.508 e. The van der Waals surface area contributed by atoms with E-state index in [1.54, 1.807) is 48.5 Å². The lowest BCUT2D eigenvalue weighted by Gasteiger charge is -2.34. The molecular formula is C27H32N4O5S. The summed E-state index contributed by atoms with van der Waals surface area (Å²) >= 11 is 0. The maximum absolute atomic E-state index is 12.7. The third-order valence-corrected chi connectivity index (χ3v) is 7.72. The van der Waals surface area contributed by atoms with E-state index in [9.17, 15) is 23.4 Å². The number of phenolic OH excluding ortho intramolecular Hbond substituents is 1. The van der Waals surface area contributed by atoms with Crippen molar-refractivity contribution in [3.8, 4) is 5.75 Å². The SMILES string of the molecule is CC(=O)Nc1ccc(S(=O)(=O)Nc2ccc(N3CCC(NCC(O)c4cccc(O)c4)CC3)cc2)cc1. The van der Waals surface area contributed by atoms with Crippen LogP contribution in [0.3, 0.4) is 0 Å². The lowest BCUT2D eigenvalue weighted by Crippen LogP contribution is -2.43. The Morgan fingerprint density at radius 1 is 1.00 bits per heavy atom. The third-order valence-electron chi connectivity index (χ3n) is 6.32. The molecule has 1 fully saturated rings. The van der Waals surface area contributed by atoms with Crippen LogP contribution in [0, 0.1) is 0 Å². The lowest BCUT2D eigenvalue weighted by molar-refractivity contribution is -0.114. The third kappa shape index (κ3) is 7.22. The summed E-state index contributed by atoms with van der Waals surface area (Å²) in [5.74, 6) is -0.0842. The summed E-state index contributed by atoms with van der Waals surface area (Å²) in [6.45, 7) is 3.48. The molecule has 37 heavy (non-hydrogen) atoms. The molecule has 3 aromatic rings. The number of nitrogens with one attached hydrogen (secondary N) is 3. The molecule has 0 bridgehead atoms. The number of hydrogen-bond donors (Lipinski definition) is 5. The number of phenols is 1. The maximum atomic E-state index is 12.7. The van der Waals surface area contributed by atoms with Crippen LogP contribution in [0.15, 0.2) is 77.7 Å². The van der Waals surface area contributed by atoms with Crippen molar-refractivity contribution < 1.29 is 23.4 Å². The second kappa shape index (κ2) is 11.6. The Morgan fingerprint density at radius 2 is 1.65 bits per heavy atom. The van der Waals surface area contributed by atoms with Crippen molar-refractivity contribution >= 4 is 33.0 Å². The van der Waals surface area contributed by atoms with Gasteiger partial charge in [-0.3, -0.25) is 9.52 Å². The lowest BCUT2D eigenvalue weighted by atomic mass is 10.0. The average Bonchev–Trinajstić information content (AvgIpc) is 2.88. The first kappa shape index (κ1) is 26.5. The van der Waals surface area contributed by atoms with Gasteiger partial charge in [-0.05, 0) is 79.1 Å². The Bertz CT molecular complexity index is 1310. The zero-order chi connectivity index (χ0) is 26.4. The number of aliphatic hydroxyl groups is 1. The van der Waals surface area contributed by atoms with E-state index in [1.165, 1.54) is 19.1 Å². The molecule has 1 aliphatic heterocycles. The molecule has 10 heteroatoms. The van der Waals surface area contributed by atoms with E-state index in [4.69, 9.17) is 0 Å². The highest BCUT2D eigenvalue weighted by Gasteiger charge is 2.21. The van der Waals surface area contributed by atoms with Gasteiger partial charge in [0.15, 0.2) is 0 Å². The summed E-state index contributed by atoms with van der Waals surface area (Å²) in [4.78, 5) is 13.5. The molecule has 0 saturated carbocycles. The molecule has 1 aliphatic rings. The highest BCUT2D eigenvalue weighted by atomic mass is 32.2. The van der Waals surface area contributed by atoms with Crippen molar-refractivity contribution in [1.82, 2.24) is 5.32 Å². The molecule has 5 N–H and O–H groups in total. The zero-order valence-electron chi connectivity index (χ0n) is 20.6. The Hall–Kier alpha value is -3.60. The van der Waals surface area contributed by atoms with Crippen LogP contribution in [0.4, 0.5) is 17.1 Å². The average molecular weight is 525 g/mol. The van der Waals surface area contributed by atoms with Crippen LogP contribution >= 0.6 is 0 Å². The summed E-state index contributed by atoms with van der Waals surface area (Å²) < 4.78 is 28.0. The number of aromatic hydroxyl groups is 1. The minimum atomic E-state index is -3.76. The normalized spacial score (nSPS) is 15.2. The molecule has 196 valence electrons. The molecule has 1 saturated heterocycles. The van der Waals surface area contributed by atoms with E-state index < -0.39 is 16.1 Å². The van der Waals surface area contributed by atoms with Crippen LogP contribution in [-0.4, -0.2) is 50.2 Å². The van der Waals surface area contributed by atoms with Crippen LogP contribution in [-0.2, 0) is 14.8 Å². The highest BCUT2D eigenvalue weighted by Crippen LogP contribution is 2.25. The molecule has 3 aromatic carbocycles. The molecule has 0 aromatic heterocycles. The standard InChI is InChI=1S/C27H32N4O5S/c1-19(32)29-22-7-11-26(12-8-22)37(35,36)30-23-5-9-24(10-6-23)31-15-13-21(14-16-31)28-18-27(34)20-3-2-4-25(33)17-20/h2-12,17,21,27-28,30,33-34H,13-16,18H2,1H3,(H,29,32). The molecule has 0 aliphatic carbocycles. The van der Waals surface area contributed by atoms with Crippen LogP contribution in [0.25, 0.3) is 0 Å². The molecule has 4 rings (SSSR count). The molecule has 0 spiro atoms. The quantitative estimate of drug-likeness (QED) is 0.290. The number of rotatable bonds is 9. The number of aliphatic hydroxyl groups excluding tert-OH is 1. The van der Waals surface area contributed by atoms with Crippen molar-refractivity contribution in [2.24, 2.45) is 0 Å². The fraction of sp³-hybridized carbons (Fsp3) is 0.296. The number of anilines is 3. The Balaban J connectivity index is 1.27. The van der Waals surface area contributed by atoms with Crippen molar-refractivity contribution in [2.75, 3.05) is 34.6 Å². The fourth-order valence-corrected chi connectivity index (χ4v) is 5.40.